The molecular weight excluding hydrogens is 337 g/mol. The van der Waals surface area contributed by atoms with Crippen LogP contribution >= 0.6 is 0 Å². The van der Waals surface area contributed by atoms with Crippen LogP contribution in [-0.2, 0) is 4.79 Å². The Morgan fingerprint density at radius 3 is 2.65 bits per heavy atom. The summed E-state index contributed by atoms with van der Waals surface area (Å²) < 4.78 is 23.6. The first-order chi connectivity index (χ1) is 12.4. The van der Waals surface area contributed by atoms with Gasteiger partial charge >= 0.3 is 5.63 Å². The van der Waals surface area contributed by atoms with E-state index in [1.807, 2.05) is 6.92 Å². The molecule has 1 atom stereocenters. The summed E-state index contributed by atoms with van der Waals surface area (Å²) in [6, 6.07) is 12.2. The number of halogens is 1. The highest BCUT2D eigenvalue weighted by Crippen LogP contribution is 2.22. The van der Waals surface area contributed by atoms with Crippen molar-refractivity contribution in [2.45, 2.75) is 19.9 Å². The number of ether oxygens (including phenoxy) is 1. The Labute approximate surface area is 149 Å². The number of rotatable bonds is 5. The zero-order chi connectivity index (χ0) is 18.7. The minimum Gasteiger partial charge on any atom is -0.484 e. The van der Waals surface area contributed by atoms with Gasteiger partial charge in [0.2, 0.25) is 0 Å². The minimum atomic E-state index is -0.432. The maximum atomic E-state index is 12.9. The smallest absolute Gasteiger partial charge is 0.336 e. The fourth-order valence-electron chi connectivity index (χ4n) is 2.66. The van der Waals surface area contributed by atoms with Gasteiger partial charge < -0.3 is 14.5 Å². The second kappa shape index (κ2) is 7.39. The predicted octanol–water partition coefficient (Wildman–Crippen LogP) is 3.50. The third-order valence-corrected chi connectivity index (χ3v) is 4.04. The van der Waals surface area contributed by atoms with Crippen LogP contribution in [-0.4, -0.2) is 12.5 Å². The SMILES string of the molecule is Cc1cc(=O)oc2cc(OCC(=O)NC(C)c3ccc(F)cc3)ccc12. The lowest BCUT2D eigenvalue weighted by Crippen LogP contribution is -2.31. The van der Waals surface area contributed by atoms with Gasteiger partial charge in [-0.2, -0.15) is 0 Å². The van der Waals surface area contributed by atoms with E-state index >= 15 is 0 Å². The summed E-state index contributed by atoms with van der Waals surface area (Å²) in [7, 11) is 0. The highest BCUT2D eigenvalue weighted by atomic mass is 19.1. The lowest BCUT2D eigenvalue weighted by Gasteiger charge is -2.15. The largest absolute Gasteiger partial charge is 0.484 e. The molecular formula is C20H18FNO4. The first kappa shape index (κ1) is 17.7. The molecule has 0 bridgehead atoms. The van der Waals surface area contributed by atoms with Gasteiger partial charge in [0, 0.05) is 17.5 Å². The lowest BCUT2D eigenvalue weighted by atomic mass is 10.1. The average Bonchev–Trinajstić information content (AvgIpc) is 2.60. The maximum absolute atomic E-state index is 12.9. The molecule has 134 valence electrons. The van der Waals surface area contributed by atoms with Crippen LogP contribution in [0.15, 0.2) is 57.7 Å². The molecule has 6 heteroatoms. The van der Waals surface area contributed by atoms with Crippen molar-refractivity contribution in [2.24, 2.45) is 0 Å². The Hall–Kier alpha value is -3.15. The van der Waals surface area contributed by atoms with Crippen LogP contribution < -0.4 is 15.7 Å². The molecule has 0 fully saturated rings. The summed E-state index contributed by atoms with van der Waals surface area (Å²) in [5, 5.41) is 3.59. The molecule has 0 radical (unpaired) electrons. The molecule has 1 unspecified atom stereocenters. The minimum absolute atomic E-state index is 0.187. The Bertz CT molecular complexity index is 995. The highest BCUT2D eigenvalue weighted by Gasteiger charge is 2.11. The molecule has 0 aliphatic rings. The van der Waals surface area contributed by atoms with Crippen molar-refractivity contribution in [1.82, 2.24) is 5.32 Å². The van der Waals surface area contributed by atoms with Gasteiger partial charge in [-0.05, 0) is 49.2 Å². The van der Waals surface area contributed by atoms with Gasteiger partial charge in [0.05, 0.1) is 6.04 Å². The van der Waals surface area contributed by atoms with E-state index in [1.165, 1.54) is 18.2 Å². The number of amides is 1. The van der Waals surface area contributed by atoms with Crippen LogP contribution in [0, 0.1) is 12.7 Å². The summed E-state index contributed by atoms with van der Waals surface area (Å²) in [6.07, 6.45) is 0. The molecule has 0 saturated carbocycles. The van der Waals surface area contributed by atoms with E-state index in [9.17, 15) is 14.0 Å². The third-order valence-electron chi connectivity index (χ3n) is 4.04. The Morgan fingerprint density at radius 1 is 1.19 bits per heavy atom. The van der Waals surface area contributed by atoms with E-state index in [2.05, 4.69) is 5.32 Å². The molecule has 0 spiro atoms. The Morgan fingerprint density at radius 2 is 1.92 bits per heavy atom. The zero-order valence-corrected chi connectivity index (χ0v) is 14.4. The van der Waals surface area contributed by atoms with Gasteiger partial charge in [-0.15, -0.1) is 0 Å². The van der Waals surface area contributed by atoms with Gasteiger partial charge in [0.25, 0.3) is 5.91 Å². The normalized spacial score (nSPS) is 12.0. The monoisotopic (exact) mass is 355 g/mol. The second-order valence-corrected chi connectivity index (χ2v) is 6.04. The average molecular weight is 355 g/mol. The molecule has 26 heavy (non-hydrogen) atoms. The number of benzene rings is 2. The van der Waals surface area contributed by atoms with Gasteiger partial charge in [0.1, 0.15) is 17.1 Å². The predicted molar refractivity (Wildman–Crippen MR) is 95.7 cm³/mol. The van der Waals surface area contributed by atoms with Crippen LogP contribution in [0.4, 0.5) is 4.39 Å². The molecule has 3 rings (SSSR count). The van der Waals surface area contributed by atoms with Crippen molar-refractivity contribution in [2.75, 3.05) is 6.61 Å². The summed E-state index contributed by atoms with van der Waals surface area (Å²) in [5.74, 6) is -0.211. The van der Waals surface area contributed by atoms with E-state index in [4.69, 9.17) is 9.15 Å². The summed E-state index contributed by atoms with van der Waals surface area (Å²) in [5.41, 5.74) is 1.59. The molecule has 1 amide bonds. The number of hydrogen-bond donors (Lipinski definition) is 1. The number of aryl methyl sites for hydroxylation is 1. The molecule has 0 aliphatic heterocycles. The van der Waals surface area contributed by atoms with Crippen molar-refractivity contribution >= 4 is 16.9 Å². The molecule has 1 heterocycles. The van der Waals surface area contributed by atoms with Crippen LogP contribution in [0.3, 0.4) is 0 Å². The summed E-state index contributed by atoms with van der Waals surface area (Å²) >= 11 is 0. The second-order valence-electron chi connectivity index (χ2n) is 6.04. The molecule has 1 N–H and O–H groups in total. The van der Waals surface area contributed by atoms with E-state index < -0.39 is 5.63 Å². The van der Waals surface area contributed by atoms with Crippen LogP contribution in [0.2, 0.25) is 0 Å². The number of carbonyl (C=O) groups excluding carboxylic acids is 1. The quantitative estimate of drug-likeness (QED) is 0.711. The molecule has 5 nitrogen and oxygen atoms in total. The fourth-order valence-corrected chi connectivity index (χ4v) is 2.66. The number of carbonyl (C=O) groups is 1. The molecule has 3 aromatic rings. The number of hydrogen-bond acceptors (Lipinski definition) is 4. The zero-order valence-electron chi connectivity index (χ0n) is 14.4. The van der Waals surface area contributed by atoms with Crippen molar-refractivity contribution < 1.29 is 18.3 Å². The Balaban J connectivity index is 1.63. The van der Waals surface area contributed by atoms with E-state index in [-0.39, 0.29) is 24.4 Å². The molecule has 0 aliphatic carbocycles. The van der Waals surface area contributed by atoms with Crippen molar-refractivity contribution in [3.05, 3.63) is 75.9 Å². The Kier molecular flexibility index (Phi) is 5.02. The summed E-state index contributed by atoms with van der Waals surface area (Å²) in [4.78, 5) is 23.5. The first-order valence-electron chi connectivity index (χ1n) is 8.14. The van der Waals surface area contributed by atoms with Crippen molar-refractivity contribution in [1.29, 1.82) is 0 Å². The van der Waals surface area contributed by atoms with Crippen molar-refractivity contribution in [3.63, 3.8) is 0 Å². The number of fused-ring (bicyclic) bond motifs is 1. The van der Waals surface area contributed by atoms with Crippen molar-refractivity contribution in [3.8, 4) is 5.75 Å². The van der Waals surface area contributed by atoms with E-state index in [0.29, 0.717) is 11.3 Å². The third kappa shape index (κ3) is 4.08. The standard InChI is InChI=1S/C20H18FNO4/c1-12-9-20(24)26-18-10-16(7-8-17(12)18)25-11-19(23)22-13(2)14-3-5-15(21)6-4-14/h3-10,13H,11H2,1-2H3,(H,22,23). The van der Waals surface area contributed by atoms with Crippen LogP contribution in [0.25, 0.3) is 11.0 Å². The molecule has 2 aromatic carbocycles. The van der Waals surface area contributed by atoms with Gasteiger partial charge in [-0.3, -0.25) is 4.79 Å². The highest BCUT2D eigenvalue weighted by molar-refractivity contribution is 5.81. The topological polar surface area (TPSA) is 68.5 Å². The molecule has 0 saturated heterocycles. The van der Waals surface area contributed by atoms with E-state index in [1.54, 1.807) is 37.3 Å². The fraction of sp³-hybridized carbons (Fsp3) is 0.200. The van der Waals surface area contributed by atoms with Gasteiger partial charge in [-0.25, -0.2) is 9.18 Å². The van der Waals surface area contributed by atoms with Crippen LogP contribution in [0.1, 0.15) is 24.1 Å². The maximum Gasteiger partial charge on any atom is 0.336 e. The van der Waals surface area contributed by atoms with Gasteiger partial charge in [0.15, 0.2) is 6.61 Å². The van der Waals surface area contributed by atoms with E-state index in [0.717, 1.165) is 16.5 Å². The first-order valence-corrected chi connectivity index (χ1v) is 8.14. The molecule has 1 aromatic heterocycles. The van der Waals surface area contributed by atoms with Gasteiger partial charge in [-0.1, -0.05) is 12.1 Å². The lowest BCUT2D eigenvalue weighted by molar-refractivity contribution is -0.123. The number of nitrogens with one attached hydrogen (secondary N) is 1. The summed E-state index contributed by atoms with van der Waals surface area (Å²) in [6.45, 7) is 3.44. The van der Waals surface area contributed by atoms with Crippen LogP contribution in [0.5, 0.6) is 5.75 Å².